The van der Waals surface area contributed by atoms with Gasteiger partial charge in [0, 0.05) is 18.0 Å². The number of rotatable bonds is 3. The fourth-order valence-electron chi connectivity index (χ4n) is 3.24. The first-order chi connectivity index (χ1) is 11.7. The third kappa shape index (κ3) is 2.56. The van der Waals surface area contributed by atoms with Gasteiger partial charge in [-0.2, -0.15) is 0 Å². The van der Waals surface area contributed by atoms with Gasteiger partial charge in [0.05, 0.1) is 17.1 Å². The molecule has 1 fully saturated rings. The molecule has 2 aromatic carbocycles. The zero-order valence-corrected chi connectivity index (χ0v) is 13.1. The zero-order valence-electron chi connectivity index (χ0n) is 13.1. The molecule has 0 bridgehead atoms. The van der Waals surface area contributed by atoms with Gasteiger partial charge in [0.2, 0.25) is 11.8 Å². The second-order valence-corrected chi connectivity index (χ2v) is 6.04. The Bertz CT molecular complexity index is 921. The third-order valence-corrected chi connectivity index (χ3v) is 4.40. The number of aromatic nitrogens is 1. The Hall–Kier alpha value is -3.01. The molecule has 1 unspecified atom stereocenters. The fraction of sp³-hybridized carbons (Fsp3) is 0.150. The Kier molecular flexibility index (Phi) is 3.58. The third-order valence-electron chi connectivity index (χ3n) is 4.40. The molecule has 1 aliphatic rings. The SMILES string of the molecule is O=C1CC(Cc2ccc3ncccc3c2)C(=O)N1c1ccccc1. The predicted octanol–water partition coefficient (Wildman–Crippen LogP) is 3.36. The van der Waals surface area contributed by atoms with E-state index in [0.717, 1.165) is 16.5 Å². The second-order valence-electron chi connectivity index (χ2n) is 6.04. The lowest BCUT2D eigenvalue weighted by Crippen LogP contribution is -2.30. The van der Waals surface area contributed by atoms with E-state index in [1.54, 1.807) is 18.3 Å². The minimum atomic E-state index is -0.299. The molecule has 0 aliphatic carbocycles. The number of nitrogens with zero attached hydrogens (tertiary/aromatic N) is 2. The van der Waals surface area contributed by atoms with Crippen molar-refractivity contribution < 1.29 is 9.59 Å². The van der Waals surface area contributed by atoms with Crippen LogP contribution in [0.4, 0.5) is 5.69 Å². The summed E-state index contributed by atoms with van der Waals surface area (Å²) >= 11 is 0. The number of hydrogen-bond donors (Lipinski definition) is 0. The van der Waals surface area contributed by atoms with Crippen molar-refractivity contribution >= 4 is 28.4 Å². The molecule has 2 amide bonds. The van der Waals surface area contributed by atoms with Gasteiger partial charge in [0.15, 0.2) is 0 Å². The molecule has 0 saturated carbocycles. The summed E-state index contributed by atoms with van der Waals surface area (Å²) in [6.07, 6.45) is 2.59. The van der Waals surface area contributed by atoms with Crippen LogP contribution in [0.5, 0.6) is 0 Å². The zero-order chi connectivity index (χ0) is 16.5. The van der Waals surface area contributed by atoms with Crippen LogP contribution in [0.3, 0.4) is 0 Å². The van der Waals surface area contributed by atoms with Gasteiger partial charge in [-0.15, -0.1) is 0 Å². The van der Waals surface area contributed by atoms with E-state index in [9.17, 15) is 9.59 Å². The van der Waals surface area contributed by atoms with Crippen molar-refractivity contribution in [2.24, 2.45) is 5.92 Å². The average Bonchev–Trinajstić information content (AvgIpc) is 2.89. The van der Waals surface area contributed by atoms with Gasteiger partial charge < -0.3 is 0 Å². The minimum absolute atomic E-state index is 0.113. The number of amides is 2. The highest BCUT2D eigenvalue weighted by Crippen LogP contribution is 2.29. The quantitative estimate of drug-likeness (QED) is 0.696. The Morgan fingerprint density at radius 3 is 2.67 bits per heavy atom. The number of carbonyl (C=O) groups excluding carboxylic acids is 2. The monoisotopic (exact) mass is 316 g/mol. The van der Waals surface area contributed by atoms with Crippen molar-refractivity contribution in [3.8, 4) is 0 Å². The molecule has 0 spiro atoms. The van der Waals surface area contributed by atoms with Crippen LogP contribution in [0, 0.1) is 5.92 Å². The van der Waals surface area contributed by atoms with Crippen molar-refractivity contribution in [2.75, 3.05) is 4.90 Å². The van der Waals surface area contributed by atoms with E-state index >= 15 is 0 Å². The molecule has 4 heteroatoms. The number of imide groups is 1. The van der Waals surface area contributed by atoms with Crippen LogP contribution in [0.15, 0.2) is 66.9 Å². The summed E-state index contributed by atoms with van der Waals surface area (Å²) in [6, 6.07) is 19.0. The molecular weight excluding hydrogens is 300 g/mol. The number of para-hydroxylation sites is 1. The maximum atomic E-state index is 12.7. The Morgan fingerprint density at radius 1 is 1.00 bits per heavy atom. The summed E-state index contributed by atoms with van der Waals surface area (Å²) in [7, 11) is 0. The molecule has 1 aromatic heterocycles. The van der Waals surface area contributed by atoms with Crippen molar-refractivity contribution in [1.29, 1.82) is 0 Å². The Morgan fingerprint density at radius 2 is 1.83 bits per heavy atom. The fourth-order valence-corrected chi connectivity index (χ4v) is 3.24. The van der Waals surface area contributed by atoms with E-state index in [0.29, 0.717) is 12.1 Å². The van der Waals surface area contributed by atoms with Crippen molar-refractivity contribution in [3.63, 3.8) is 0 Å². The molecule has 4 rings (SSSR count). The normalized spacial score (nSPS) is 17.7. The van der Waals surface area contributed by atoms with Gasteiger partial charge in [0.25, 0.3) is 0 Å². The molecule has 0 radical (unpaired) electrons. The van der Waals surface area contributed by atoms with Crippen LogP contribution in [-0.4, -0.2) is 16.8 Å². The van der Waals surface area contributed by atoms with E-state index < -0.39 is 0 Å². The summed E-state index contributed by atoms with van der Waals surface area (Å²) < 4.78 is 0. The van der Waals surface area contributed by atoms with Gasteiger partial charge in [-0.3, -0.25) is 19.5 Å². The van der Waals surface area contributed by atoms with E-state index in [-0.39, 0.29) is 24.2 Å². The van der Waals surface area contributed by atoms with Crippen LogP contribution < -0.4 is 4.90 Å². The maximum absolute atomic E-state index is 12.7. The lowest BCUT2D eigenvalue weighted by Gasteiger charge is -2.15. The number of carbonyl (C=O) groups is 2. The van der Waals surface area contributed by atoms with E-state index in [1.807, 2.05) is 48.5 Å². The molecular formula is C20H16N2O2. The summed E-state index contributed by atoms with van der Waals surface area (Å²) in [4.78, 5) is 30.6. The molecule has 1 saturated heterocycles. The molecule has 1 atom stereocenters. The maximum Gasteiger partial charge on any atom is 0.237 e. The van der Waals surface area contributed by atoms with E-state index in [1.165, 1.54) is 4.90 Å². The summed E-state index contributed by atoms with van der Waals surface area (Å²) in [5.41, 5.74) is 2.63. The van der Waals surface area contributed by atoms with Gasteiger partial charge in [-0.25, -0.2) is 0 Å². The van der Waals surface area contributed by atoms with E-state index in [2.05, 4.69) is 4.98 Å². The van der Waals surface area contributed by atoms with Crippen LogP contribution in [0.25, 0.3) is 10.9 Å². The standard InChI is InChI=1S/C20H16N2O2/c23-19-13-16(20(24)22(19)17-6-2-1-3-7-17)12-14-8-9-18-15(11-14)5-4-10-21-18/h1-11,16H,12-13H2. The molecule has 0 N–H and O–H groups in total. The second kappa shape index (κ2) is 5.89. The number of pyridine rings is 1. The minimum Gasteiger partial charge on any atom is -0.274 e. The molecule has 1 aliphatic heterocycles. The first kappa shape index (κ1) is 14.6. The molecule has 4 nitrogen and oxygen atoms in total. The van der Waals surface area contributed by atoms with Crippen molar-refractivity contribution in [3.05, 3.63) is 72.4 Å². The van der Waals surface area contributed by atoms with Gasteiger partial charge in [-0.05, 0) is 42.3 Å². The van der Waals surface area contributed by atoms with Crippen LogP contribution in [-0.2, 0) is 16.0 Å². The first-order valence-corrected chi connectivity index (χ1v) is 7.98. The number of hydrogen-bond acceptors (Lipinski definition) is 3. The van der Waals surface area contributed by atoms with Crippen LogP contribution in [0.2, 0.25) is 0 Å². The number of fused-ring (bicyclic) bond motifs is 1. The van der Waals surface area contributed by atoms with Crippen LogP contribution >= 0.6 is 0 Å². The predicted molar refractivity (Wildman–Crippen MR) is 92.5 cm³/mol. The topological polar surface area (TPSA) is 50.3 Å². The number of benzene rings is 2. The van der Waals surface area contributed by atoms with Crippen molar-refractivity contribution in [2.45, 2.75) is 12.8 Å². The molecule has 118 valence electrons. The highest BCUT2D eigenvalue weighted by molar-refractivity contribution is 6.21. The smallest absolute Gasteiger partial charge is 0.237 e. The summed E-state index contributed by atoms with van der Waals surface area (Å²) in [5, 5.41) is 1.05. The average molecular weight is 316 g/mol. The first-order valence-electron chi connectivity index (χ1n) is 7.98. The van der Waals surface area contributed by atoms with Gasteiger partial charge >= 0.3 is 0 Å². The summed E-state index contributed by atoms with van der Waals surface area (Å²) in [5.74, 6) is -0.539. The van der Waals surface area contributed by atoms with E-state index in [4.69, 9.17) is 0 Å². The highest BCUT2D eigenvalue weighted by Gasteiger charge is 2.39. The largest absolute Gasteiger partial charge is 0.274 e. The van der Waals surface area contributed by atoms with Crippen LogP contribution in [0.1, 0.15) is 12.0 Å². The molecule has 24 heavy (non-hydrogen) atoms. The Labute approximate surface area is 139 Å². The Balaban J connectivity index is 1.58. The number of anilines is 1. The molecule has 2 heterocycles. The van der Waals surface area contributed by atoms with Gasteiger partial charge in [0.1, 0.15) is 0 Å². The highest BCUT2D eigenvalue weighted by atomic mass is 16.2. The molecule has 3 aromatic rings. The lowest BCUT2D eigenvalue weighted by atomic mass is 9.97. The van der Waals surface area contributed by atoms with Gasteiger partial charge in [-0.1, -0.05) is 30.3 Å². The van der Waals surface area contributed by atoms with Crippen molar-refractivity contribution in [1.82, 2.24) is 4.98 Å². The lowest BCUT2D eigenvalue weighted by molar-refractivity contribution is -0.122. The summed E-state index contributed by atoms with van der Waals surface area (Å²) in [6.45, 7) is 0.